The van der Waals surface area contributed by atoms with Gasteiger partial charge in [-0.2, -0.15) is 0 Å². The number of nitrogens with one attached hydrogen (secondary N) is 1. The molecule has 0 radical (unpaired) electrons. The number of halogens is 1. The zero-order valence-electron chi connectivity index (χ0n) is 9.37. The molecule has 0 fully saturated rings. The third-order valence-corrected chi connectivity index (χ3v) is 4.09. The molecule has 1 atom stereocenters. The van der Waals surface area contributed by atoms with Gasteiger partial charge in [-0.1, -0.05) is 5.92 Å². The van der Waals surface area contributed by atoms with E-state index in [2.05, 4.69) is 27.2 Å². The van der Waals surface area contributed by atoms with E-state index in [1.807, 2.05) is 19.1 Å². The minimum absolute atomic E-state index is 0.0725. The predicted octanol–water partition coefficient (Wildman–Crippen LogP) is 2.26. The summed E-state index contributed by atoms with van der Waals surface area (Å²) in [5, 5.41) is 2.44. The minimum Gasteiger partial charge on any atom is -0.399 e. The van der Waals surface area contributed by atoms with E-state index in [1.54, 1.807) is 6.07 Å². The number of thioether (sulfide) groups is 1. The van der Waals surface area contributed by atoms with Crippen molar-refractivity contribution in [1.82, 2.24) is 5.32 Å². The Labute approximate surface area is 114 Å². The molecule has 0 aliphatic carbocycles. The quantitative estimate of drug-likeness (QED) is 0.509. The van der Waals surface area contributed by atoms with Gasteiger partial charge in [0.1, 0.15) is 0 Å². The maximum absolute atomic E-state index is 11.6. The van der Waals surface area contributed by atoms with Crippen molar-refractivity contribution in [3.8, 4) is 12.3 Å². The van der Waals surface area contributed by atoms with E-state index >= 15 is 0 Å². The van der Waals surface area contributed by atoms with Crippen molar-refractivity contribution in [2.45, 2.75) is 17.1 Å². The van der Waals surface area contributed by atoms with Gasteiger partial charge in [-0.3, -0.25) is 4.79 Å². The molecule has 0 heterocycles. The fourth-order valence-corrected chi connectivity index (χ4v) is 2.70. The standard InChI is InChI=1S/C12H13BrN2OS/c1-3-6-15-12(16)8(2)17-11-5-4-9(14)7-10(11)13/h1,4-5,7-8H,6,14H2,2H3,(H,15,16). The molecule has 1 aromatic carbocycles. The number of carbonyl (C=O) groups excluding carboxylic acids is 1. The molecule has 0 aromatic heterocycles. The molecule has 5 heteroatoms. The average molecular weight is 313 g/mol. The third-order valence-electron chi connectivity index (χ3n) is 1.99. The van der Waals surface area contributed by atoms with Gasteiger partial charge in [-0.05, 0) is 41.1 Å². The van der Waals surface area contributed by atoms with Crippen LogP contribution in [0, 0.1) is 12.3 Å². The molecule has 0 spiro atoms. The first-order valence-electron chi connectivity index (χ1n) is 4.97. The van der Waals surface area contributed by atoms with Crippen molar-refractivity contribution in [3.63, 3.8) is 0 Å². The van der Waals surface area contributed by atoms with E-state index in [4.69, 9.17) is 12.2 Å². The van der Waals surface area contributed by atoms with Crippen LogP contribution in [-0.4, -0.2) is 17.7 Å². The highest BCUT2D eigenvalue weighted by molar-refractivity contribution is 9.10. The number of rotatable bonds is 4. The molecule has 0 bridgehead atoms. The summed E-state index contributed by atoms with van der Waals surface area (Å²) in [6.07, 6.45) is 5.08. The number of amides is 1. The summed E-state index contributed by atoms with van der Waals surface area (Å²) < 4.78 is 0.888. The Morgan fingerprint density at radius 2 is 2.41 bits per heavy atom. The zero-order valence-corrected chi connectivity index (χ0v) is 11.8. The van der Waals surface area contributed by atoms with Crippen LogP contribution in [0.15, 0.2) is 27.6 Å². The van der Waals surface area contributed by atoms with Crippen LogP contribution in [0.3, 0.4) is 0 Å². The van der Waals surface area contributed by atoms with Gasteiger partial charge in [-0.15, -0.1) is 18.2 Å². The summed E-state index contributed by atoms with van der Waals surface area (Å²) in [5.41, 5.74) is 6.33. The van der Waals surface area contributed by atoms with Crippen molar-refractivity contribution in [1.29, 1.82) is 0 Å². The predicted molar refractivity (Wildman–Crippen MR) is 75.7 cm³/mol. The van der Waals surface area contributed by atoms with Gasteiger partial charge in [0.2, 0.25) is 5.91 Å². The average Bonchev–Trinajstić information content (AvgIpc) is 2.29. The van der Waals surface area contributed by atoms with E-state index in [1.165, 1.54) is 11.8 Å². The van der Waals surface area contributed by atoms with E-state index in [0.717, 1.165) is 9.37 Å². The molecular weight excluding hydrogens is 300 g/mol. The van der Waals surface area contributed by atoms with Gasteiger partial charge in [0.25, 0.3) is 0 Å². The van der Waals surface area contributed by atoms with Gasteiger partial charge in [0.15, 0.2) is 0 Å². The van der Waals surface area contributed by atoms with Gasteiger partial charge in [0.05, 0.1) is 11.8 Å². The lowest BCUT2D eigenvalue weighted by Gasteiger charge is -2.12. The third kappa shape index (κ3) is 4.33. The molecule has 0 aliphatic rings. The SMILES string of the molecule is C#CCNC(=O)C(C)Sc1ccc(N)cc1Br. The maximum atomic E-state index is 11.6. The number of hydrogen-bond acceptors (Lipinski definition) is 3. The highest BCUT2D eigenvalue weighted by Crippen LogP contribution is 2.31. The highest BCUT2D eigenvalue weighted by Gasteiger charge is 2.14. The van der Waals surface area contributed by atoms with Crippen LogP contribution >= 0.6 is 27.7 Å². The molecule has 1 rings (SSSR count). The molecule has 3 N–H and O–H groups in total. The lowest BCUT2D eigenvalue weighted by Crippen LogP contribution is -2.31. The fourth-order valence-electron chi connectivity index (χ4n) is 1.14. The van der Waals surface area contributed by atoms with Crippen LogP contribution in [0.2, 0.25) is 0 Å². The molecule has 0 saturated heterocycles. The Morgan fingerprint density at radius 3 is 3.00 bits per heavy atom. The van der Waals surface area contributed by atoms with Crippen molar-refractivity contribution in [2.75, 3.05) is 12.3 Å². The molecule has 0 aliphatic heterocycles. The smallest absolute Gasteiger partial charge is 0.233 e. The summed E-state index contributed by atoms with van der Waals surface area (Å²) in [6, 6.07) is 5.50. The number of nitrogens with two attached hydrogens (primary N) is 1. The molecule has 1 unspecified atom stereocenters. The monoisotopic (exact) mass is 312 g/mol. The second-order valence-electron chi connectivity index (χ2n) is 3.37. The van der Waals surface area contributed by atoms with Crippen molar-refractivity contribution < 1.29 is 4.79 Å². The Kier molecular flexibility index (Phi) is 5.39. The normalized spacial score (nSPS) is 11.6. The van der Waals surface area contributed by atoms with Gasteiger partial charge in [-0.25, -0.2) is 0 Å². The lowest BCUT2D eigenvalue weighted by molar-refractivity contribution is -0.120. The number of anilines is 1. The van der Waals surface area contributed by atoms with Crippen LogP contribution in [0.1, 0.15) is 6.92 Å². The van der Waals surface area contributed by atoms with Crippen LogP contribution in [-0.2, 0) is 4.79 Å². The molecule has 0 saturated carbocycles. The molecule has 3 nitrogen and oxygen atoms in total. The largest absolute Gasteiger partial charge is 0.399 e. The molecule has 17 heavy (non-hydrogen) atoms. The summed E-state index contributed by atoms with van der Waals surface area (Å²) >= 11 is 4.87. The zero-order chi connectivity index (χ0) is 12.8. The Morgan fingerprint density at radius 1 is 1.71 bits per heavy atom. The first-order valence-corrected chi connectivity index (χ1v) is 6.64. The number of benzene rings is 1. The number of carbonyl (C=O) groups is 1. The maximum Gasteiger partial charge on any atom is 0.233 e. The number of hydrogen-bond donors (Lipinski definition) is 2. The second-order valence-corrected chi connectivity index (χ2v) is 5.61. The van der Waals surface area contributed by atoms with Crippen molar-refractivity contribution in [3.05, 3.63) is 22.7 Å². The van der Waals surface area contributed by atoms with E-state index < -0.39 is 0 Å². The number of nitrogen functional groups attached to an aromatic ring is 1. The van der Waals surface area contributed by atoms with Gasteiger partial charge in [0, 0.05) is 15.1 Å². The summed E-state index contributed by atoms with van der Waals surface area (Å²) in [7, 11) is 0. The lowest BCUT2D eigenvalue weighted by atomic mass is 10.3. The van der Waals surface area contributed by atoms with E-state index in [0.29, 0.717) is 5.69 Å². The highest BCUT2D eigenvalue weighted by atomic mass is 79.9. The molecule has 1 amide bonds. The van der Waals surface area contributed by atoms with Crippen molar-refractivity contribution >= 4 is 39.3 Å². The fraction of sp³-hybridized carbons (Fsp3) is 0.250. The summed E-state index contributed by atoms with van der Waals surface area (Å²) in [6.45, 7) is 2.09. The van der Waals surface area contributed by atoms with Crippen LogP contribution in [0.25, 0.3) is 0 Å². The number of terminal acetylenes is 1. The van der Waals surface area contributed by atoms with Gasteiger partial charge < -0.3 is 11.1 Å². The Hall–Kier alpha value is -1.12. The molecule has 90 valence electrons. The van der Waals surface area contributed by atoms with E-state index in [-0.39, 0.29) is 17.7 Å². The van der Waals surface area contributed by atoms with Crippen LogP contribution in [0.4, 0.5) is 5.69 Å². The van der Waals surface area contributed by atoms with E-state index in [9.17, 15) is 4.79 Å². The molecular formula is C12H13BrN2OS. The first kappa shape index (κ1) is 13.9. The summed E-state index contributed by atoms with van der Waals surface area (Å²) in [4.78, 5) is 12.6. The first-order chi connectivity index (χ1) is 8.04. The van der Waals surface area contributed by atoms with Crippen molar-refractivity contribution in [2.24, 2.45) is 0 Å². The second kappa shape index (κ2) is 6.58. The Bertz CT molecular complexity index is 456. The molecule has 1 aromatic rings. The van der Waals surface area contributed by atoms with Crippen LogP contribution in [0.5, 0.6) is 0 Å². The van der Waals surface area contributed by atoms with Gasteiger partial charge >= 0.3 is 0 Å². The Balaban J connectivity index is 2.65. The van der Waals surface area contributed by atoms with Crippen LogP contribution < -0.4 is 11.1 Å². The summed E-state index contributed by atoms with van der Waals surface area (Å²) in [5.74, 6) is 2.30. The minimum atomic E-state index is -0.205. The topological polar surface area (TPSA) is 55.1 Å².